The summed E-state index contributed by atoms with van der Waals surface area (Å²) in [4.78, 5) is 0. The number of nitrogens with two attached hydrogens (primary N) is 4. The van der Waals surface area contributed by atoms with Gasteiger partial charge in [-0.3, -0.25) is 0 Å². The van der Waals surface area contributed by atoms with E-state index in [1.165, 1.54) is 24.3 Å². The summed E-state index contributed by atoms with van der Waals surface area (Å²) in [5, 5.41) is 19.2. The molecule has 164 valence electrons. The first-order valence-corrected chi connectivity index (χ1v) is 9.44. The van der Waals surface area contributed by atoms with Gasteiger partial charge in [0.2, 0.25) is 0 Å². The third-order valence-electron chi connectivity index (χ3n) is 4.68. The van der Waals surface area contributed by atoms with Crippen LogP contribution in [-0.4, -0.2) is 10.2 Å². The summed E-state index contributed by atoms with van der Waals surface area (Å²) in [5.74, 6) is -1.62. The van der Waals surface area contributed by atoms with Crippen LogP contribution in [0, 0.1) is 11.6 Å². The van der Waals surface area contributed by atoms with Gasteiger partial charge in [0.25, 0.3) is 0 Å². The average molecular weight is 436 g/mol. The smallest absolute Gasteiger partial charge is 0.181 e. The van der Waals surface area contributed by atoms with Gasteiger partial charge in [-0.25, -0.2) is 8.78 Å². The monoisotopic (exact) mass is 436 g/mol. The van der Waals surface area contributed by atoms with Crippen molar-refractivity contribution in [2.45, 2.75) is 0 Å². The zero-order valence-corrected chi connectivity index (χ0v) is 16.9. The first-order valence-electron chi connectivity index (χ1n) is 9.44. The van der Waals surface area contributed by atoms with E-state index in [1.54, 1.807) is 36.4 Å². The van der Waals surface area contributed by atoms with Crippen LogP contribution < -0.4 is 22.9 Å². The third kappa shape index (κ3) is 4.81. The van der Waals surface area contributed by atoms with Crippen molar-refractivity contribution in [1.82, 2.24) is 0 Å². The van der Waals surface area contributed by atoms with Crippen LogP contribution in [0.2, 0.25) is 0 Å². The quantitative estimate of drug-likeness (QED) is 0.198. The van der Waals surface area contributed by atoms with Crippen LogP contribution in [0.1, 0.15) is 0 Å². The lowest BCUT2D eigenvalue weighted by molar-refractivity contribution is 0.407. The van der Waals surface area contributed by atoms with E-state index in [9.17, 15) is 19.0 Å². The standard InChI is InChI=1S/C12H10F2N2.C12H12N2O2/c13-11-5-7(15)1-3-9(11)10-4-2-8(16)6-12(10)14;13-8-3-1-7(2-4-8)9-5-6-10(14)12(16)11(9)15/h1-6H,15-16H2;1-6,15-16H,13-14H2. The molecule has 0 aliphatic rings. The normalized spacial score (nSPS) is 10.3. The molecule has 0 heterocycles. The SMILES string of the molecule is Nc1ccc(-c2ccc(N)c(O)c2O)cc1.Nc1ccc(-c2ccc(N)cc2F)c(F)c1. The number of hydrogen-bond acceptors (Lipinski definition) is 6. The molecule has 0 atom stereocenters. The maximum Gasteiger partial charge on any atom is 0.181 e. The maximum atomic E-state index is 13.5. The van der Waals surface area contributed by atoms with Crippen molar-refractivity contribution in [3.8, 4) is 33.8 Å². The number of hydrogen-bond donors (Lipinski definition) is 6. The highest BCUT2D eigenvalue weighted by Crippen LogP contribution is 2.40. The van der Waals surface area contributed by atoms with Gasteiger partial charge in [-0.05, 0) is 66.2 Å². The maximum absolute atomic E-state index is 13.5. The summed E-state index contributed by atoms with van der Waals surface area (Å²) in [6, 6.07) is 18.4. The summed E-state index contributed by atoms with van der Waals surface area (Å²) < 4.78 is 27.1. The molecule has 0 aliphatic carbocycles. The van der Waals surface area contributed by atoms with Crippen LogP contribution in [0.5, 0.6) is 11.5 Å². The van der Waals surface area contributed by atoms with Gasteiger partial charge in [0, 0.05) is 33.8 Å². The Morgan fingerprint density at radius 3 is 1.41 bits per heavy atom. The summed E-state index contributed by atoms with van der Waals surface area (Å²) in [5.41, 5.74) is 24.9. The summed E-state index contributed by atoms with van der Waals surface area (Å²) in [7, 11) is 0. The highest BCUT2D eigenvalue weighted by Gasteiger charge is 2.11. The van der Waals surface area contributed by atoms with Gasteiger partial charge in [0.1, 0.15) is 11.6 Å². The largest absolute Gasteiger partial charge is 0.504 e. The number of rotatable bonds is 2. The predicted molar refractivity (Wildman–Crippen MR) is 125 cm³/mol. The molecule has 8 heteroatoms. The lowest BCUT2D eigenvalue weighted by atomic mass is 10.0. The highest BCUT2D eigenvalue weighted by molar-refractivity contribution is 5.78. The molecule has 6 nitrogen and oxygen atoms in total. The number of phenolic OH excluding ortho intramolecular Hbond substituents is 2. The van der Waals surface area contributed by atoms with E-state index in [-0.39, 0.29) is 28.3 Å². The Balaban J connectivity index is 0.000000181. The molecule has 0 aliphatic heterocycles. The fraction of sp³-hybridized carbons (Fsp3) is 0. The highest BCUT2D eigenvalue weighted by atomic mass is 19.1. The first kappa shape index (κ1) is 22.2. The molecule has 0 aromatic heterocycles. The summed E-state index contributed by atoms with van der Waals surface area (Å²) in [6.45, 7) is 0. The summed E-state index contributed by atoms with van der Waals surface area (Å²) >= 11 is 0. The van der Waals surface area contributed by atoms with E-state index in [2.05, 4.69) is 0 Å². The molecule has 0 bridgehead atoms. The molecular weight excluding hydrogens is 414 g/mol. The van der Waals surface area contributed by atoms with Crippen molar-refractivity contribution in [3.63, 3.8) is 0 Å². The lowest BCUT2D eigenvalue weighted by Crippen LogP contribution is -1.93. The molecule has 4 aromatic carbocycles. The van der Waals surface area contributed by atoms with Gasteiger partial charge < -0.3 is 33.1 Å². The molecule has 0 amide bonds. The Kier molecular flexibility index (Phi) is 6.34. The Morgan fingerprint density at radius 2 is 0.938 bits per heavy atom. The average Bonchev–Trinajstić information content (AvgIpc) is 2.74. The van der Waals surface area contributed by atoms with Crippen LogP contribution in [0.3, 0.4) is 0 Å². The molecule has 10 N–H and O–H groups in total. The Morgan fingerprint density at radius 1 is 0.500 bits per heavy atom. The van der Waals surface area contributed by atoms with Crippen LogP contribution in [0.4, 0.5) is 31.5 Å². The molecule has 0 unspecified atom stereocenters. The van der Waals surface area contributed by atoms with Crippen LogP contribution in [0.25, 0.3) is 22.3 Å². The fourth-order valence-electron chi connectivity index (χ4n) is 2.99. The number of anilines is 4. The number of halogens is 2. The molecule has 4 rings (SSSR count). The minimum Gasteiger partial charge on any atom is -0.504 e. The Bertz CT molecular complexity index is 1210. The first-order chi connectivity index (χ1) is 15.2. The minimum absolute atomic E-state index is 0.150. The number of phenols is 2. The zero-order chi connectivity index (χ0) is 23.4. The number of nitrogen functional groups attached to an aromatic ring is 4. The van der Waals surface area contributed by atoms with Crippen LogP contribution in [0.15, 0.2) is 72.8 Å². The van der Waals surface area contributed by atoms with E-state index in [1.807, 2.05) is 0 Å². The van der Waals surface area contributed by atoms with Crippen molar-refractivity contribution in [2.75, 3.05) is 22.9 Å². The minimum atomic E-state index is -0.552. The number of aromatic hydroxyl groups is 2. The van der Waals surface area contributed by atoms with Gasteiger partial charge in [0.15, 0.2) is 11.5 Å². The molecule has 0 spiro atoms. The van der Waals surface area contributed by atoms with E-state index >= 15 is 0 Å². The van der Waals surface area contributed by atoms with Gasteiger partial charge in [-0.2, -0.15) is 0 Å². The number of benzene rings is 4. The summed E-state index contributed by atoms with van der Waals surface area (Å²) in [6.07, 6.45) is 0. The van der Waals surface area contributed by atoms with Crippen molar-refractivity contribution < 1.29 is 19.0 Å². The van der Waals surface area contributed by atoms with Crippen LogP contribution in [-0.2, 0) is 0 Å². The van der Waals surface area contributed by atoms with E-state index in [0.29, 0.717) is 22.6 Å². The molecular formula is C24H22F2N4O2. The molecule has 32 heavy (non-hydrogen) atoms. The van der Waals surface area contributed by atoms with E-state index in [4.69, 9.17) is 22.9 Å². The Labute approximate surface area is 183 Å². The molecule has 0 saturated heterocycles. The lowest BCUT2D eigenvalue weighted by Gasteiger charge is -2.08. The van der Waals surface area contributed by atoms with Crippen molar-refractivity contribution in [3.05, 3.63) is 84.4 Å². The zero-order valence-electron chi connectivity index (χ0n) is 16.9. The van der Waals surface area contributed by atoms with E-state index in [0.717, 1.165) is 17.7 Å². The van der Waals surface area contributed by atoms with Crippen molar-refractivity contribution in [1.29, 1.82) is 0 Å². The third-order valence-corrected chi connectivity index (χ3v) is 4.68. The second kappa shape index (κ2) is 9.13. The van der Waals surface area contributed by atoms with Crippen molar-refractivity contribution >= 4 is 22.7 Å². The topological polar surface area (TPSA) is 145 Å². The Hall–Kier alpha value is -4.46. The molecule has 4 aromatic rings. The van der Waals surface area contributed by atoms with Crippen LogP contribution >= 0.6 is 0 Å². The second-order valence-electron chi connectivity index (χ2n) is 7.00. The second-order valence-corrected chi connectivity index (χ2v) is 7.00. The van der Waals surface area contributed by atoms with Crippen molar-refractivity contribution in [2.24, 2.45) is 0 Å². The predicted octanol–water partition coefficient (Wildman–Crippen LogP) is 4.73. The van der Waals surface area contributed by atoms with Gasteiger partial charge in [0.05, 0.1) is 5.69 Å². The molecule has 0 saturated carbocycles. The van der Waals surface area contributed by atoms with Gasteiger partial charge in [-0.1, -0.05) is 12.1 Å². The van der Waals surface area contributed by atoms with Gasteiger partial charge >= 0.3 is 0 Å². The van der Waals surface area contributed by atoms with E-state index < -0.39 is 11.6 Å². The molecule has 0 radical (unpaired) electrons. The van der Waals surface area contributed by atoms with Gasteiger partial charge in [-0.15, -0.1) is 0 Å². The fourth-order valence-corrected chi connectivity index (χ4v) is 2.99. The molecule has 0 fully saturated rings.